The van der Waals surface area contributed by atoms with Crippen molar-refractivity contribution in [3.8, 4) is 0 Å². The molecular weight excluding hydrogens is 248 g/mol. The standard InChI is InChI=1S/C13H16N2O2S/c1-3-9-4-5-11-10(8-9)14-13(15(11)2)18-7-6-12(16)17/h4-5,8H,3,6-7H2,1-2H3,(H,16,17). The number of thioether (sulfide) groups is 1. The van der Waals surface area contributed by atoms with E-state index < -0.39 is 5.97 Å². The van der Waals surface area contributed by atoms with Crippen LogP contribution in [0.2, 0.25) is 0 Å². The topological polar surface area (TPSA) is 55.1 Å². The maximum atomic E-state index is 10.5. The number of aromatic nitrogens is 2. The smallest absolute Gasteiger partial charge is 0.304 e. The largest absolute Gasteiger partial charge is 0.481 e. The van der Waals surface area contributed by atoms with Crippen molar-refractivity contribution in [1.29, 1.82) is 0 Å². The molecule has 2 rings (SSSR count). The van der Waals surface area contributed by atoms with Crippen LogP contribution < -0.4 is 0 Å². The Morgan fingerprint density at radius 3 is 2.94 bits per heavy atom. The van der Waals surface area contributed by atoms with Gasteiger partial charge in [0, 0.05) is 12.8 Å². The number of aryl methyl sites for hydroxylation is 2. The van der Waals surface area contributed by atoms with Crippen molar-refractivity contribution in [2.75, 3.05) is 5.75 Å². The number of hydrogen-bond acceptors (Lipinski definition) is 3. The molecule has 1 aromatic carbocycles. The molecule has 0 aliphatic carbocycles. The van der Waals surface area contributed by atoms with E-state index in [4.69, 9.17) is 5.11 Å². The number of aliphatic carboxylic acids is 1. The third-order valence-electron chi connectivity index (χ3n) is 2.86. The summed E-state index contributed by atoms with van der Waals surface area (Å²) >= 11 is 1.49. The molecule has 0 radical (unpaired) electrons. The van der Waals surface area contributed by atoms with Crippen LogP contribution >= 0.6 is 11.8 Å². The molecule has 5 heteroatoms. The fourth-order valence-corrected chi connectivity index (χ4v) is 2.72. The van der Waals surface area contributed by atoms with Crippen molar-refractivity contribution in [2.45, 2.75) is 24.9 Å². The van der Waals surface area contributed by atoms with Crippen LogP contribution in [0.1, 0.15) is 18.9 Å². The van der Waals surface area contributed by atoms with Crippen molar-refractivity contribution in [2.24, 2.45) is 7.05 Å². The number of nitrogens with zero attached hydrogens (tertiary/aromatic N) is 2. The third-order valence-corrected chi connectivity index (χ3v) is 3.89. The van der Waals surface area contributed by atoms with Crippen molar-refractivity contribution in [3.05, 3.63) is 23.8 Å². The summed E-state index contributed by atoms with van der Waals surface area (Å²) in [5.74, 6) is -0.220. The Morgan fingerprint density at radius 2 is 2.28 bits per heavy atom. The Kier molecular flexibility index (Phi) is 3.91. The highest BCUT2D eigenvalue weighted by Crippen LogP contribution is 2.24. The summed E-state index contributed by atoms with van der Waals surface area (Å²) in [5.41, 5.74) is 3.34. The van der Waals surface area contributed by atoms with Crippen LogP contribution in [0, 0.1) is 0 Å². The Morgan fingerprint density at radius 1 is 1.50 bits per heavy atom. The van der Waals surface area contributed by atoms with Gasteiger partial charge in [-0.2, -0.15) is 0 Å². The molecule has 4 nitrogen and oxygen atoms in total. The second-order valence-corrected chi connectivity index (χ2v) is 5.18. The van der Waals surface area contributed by atoms with Gasteiger partial charge in [-0.05, 0) is 24.1 Å². The molecule has 0 bridgehead atoms. The Balaban J connectivity index is 2.23. The molecule has 1 N–H and O–H groups in total. The zero-order chi connectivity index (χ0) is 13.1. The van der Waals surface area contributed by atoms with Crippen LogP contribution in [0.25, 0.3) is 11.0 Å². The van der Waals surface area contributed by atoms with Crippen LogP contribution in [-0.2, 0) is 18.3 Å². The maximum Gasteiger partial charge on any atom is 0.304 e. The number of rotatable bonds is 5. The number of carboxylic acids is 1. The summed E-state index contributed by atoms with van der Waals surface area (Å²) in [6, 6.07) is 6.27. The van der Waals surface area contributed by atoms with E-state index in [-0.39, 0.29) is 6.42 Å². The number of benzene rings is 1. The predicted molar refractivity (Wildman–Crippen MR) is 73.1 cm³/mol. The second-order valence-electron chi connectivity index (χ2n) is 4.12. The summed E-state index contributed by atoms with van der Waals surface area (Å²) < 4.78 is 2.02. The fraction of sp³-hybridized carbons (Fsp3) is 0.385. The molecule has 1 aromatic heterocycles. The lowest BCUT2D eigenvalue weighted by molar-refractivity contribution is -0.136. The highest BCUT2D eigenvalue weighted by Gasteiger charge is 2.09. The molecule has 0 unspecified atom stereocenters. The summed E-state index contributed by atoms with van der Waals surface area (Å²) in [6.07, 6.45) is 1.15. The lowest BCUT2D eigenvalue weighted by Gasteiger charge is -2.00. The minimum absolute atomic E-state index is 0.161. The highest BCUT2D eigenvalue weighted by molar-refractivity contribution is 7.99. The van der Waals surface area contributed by atoms with Gasteiger partial charge in [-0.1, -0.05) is 24.8 Å². The van der Waals surface area contributed by atoms with Gasteiger partial charge in [0.25, 0.3) is 0 Å². The van der Waals surface area contributed by atoms with Crippen molar-refractivity contribution in [1.82, 2.24) is 9.55 Å². The van der Waals surface area contributed by atoms with E-state index in [1.54, 1.807) is 0 Å². The first-order valence-corrected chi connectivity index (χ1v) is 6.90. The highest BCUT2D eigenvalue weighted by atomic mass is 32.2. The van der Waals surface area contributed by atoms with E-state index in [1.807, 2.05) is 11.6 Å². The molecule has 96 valence electrons. The lowest BCUT2D eigenvalue weighted by Crippen LogP contribution is -1.97. The molecule has 0 fully saturated rings. The Bertz CT molecular complexity index is 578. The second kappa shape index (κ2) is 5.44. The van der Waals surface area contributed by atoms with Gasteiger partial charge in [0.2, 0.25) is 0 Å². The van der Waals surface area contributed by atoms with Crippen LogP contribution in [0.4, 0.5) is 0 Å². The average molecular weight is 264 g/mol. The molecule has 0 atom stereocenters. The van der Waals surface area contributed by atoms with Crippen molar-refractivity contribution < 1.29 is 9.90 Å². The summed E-state index contributed by atoms with van der Waals surface area (Å²) in [5, 5.41) is 9.50. The van der Waals surface area contributed by atoms with Gasteiger partial charge in [-0.25, -0.2) is 4.98 Å². The van der Waals surface area contributed by atoms with Crippen LogP contribution in [-0.4, -0.2) is 26.4 Å². The number of hydrogen-bond donors (Lipinski definition) is 1. The zero-order valence-electron chi connectivity index (χ0n) is 10.5. The van der Waals surface area contributed by atoms with Gasteiger partial charge in [-0.15, -0.1) is 0 Å². The molecule has 0 aliphatic heterocycles. The molecule has 0 spiro atoms. The molecule has 18 heavy (non-hydrogen) atoms. The molecule has 0 aliphatic rings. The van der Waals surface area contributed by atoms with Gasteiger partial charge < -0.3 is 9.67 Å². The van der Waals surface area contributed by atoms with Crippen LogP contribution in [0.5, 0.6) is 0 Å². The maximum absolute atomic E-state index is 10.5. The first kappa shape index (κ1) is 13.0. The molecule has 2 aromatic rings. The molecule has 0 amide bonds. The van der Waals surface area contributed by atoms with E-state index in [0.717, 1.165) is 22.6 Å². The minimum atomic E-state index is -0.769. The van der Waals surface area contributed by atoms with E-state index in [0.29, 0.717) is 5.75 Å². The Hall–Kier alpha value is -1.49. The van der Waals surface area contributed by atoms with Gasteiger partial charge >= 0.3 is 5.97 Å². The van der Waals surface area contributed by atoms with Crippen LogP contribution in [0.15, 0.2) is 23.4 Å². The lowest BCUT2D eigenvalue weighted by atomic mass is 10.1. The minimum Gasteiger partial charge on any atom is -0.481 e. The number of carbonyl (C=O) groups is 1. The first-order chi connectivity index (χ1) is 8.61. The van der Waals surface area contributed by atoms with Gasteiger partial charge in [0.15, 0.2) is 5.16 Å². The van der Waals surface area contributed by atoms with Crippen LogP contribution in [0.3, 0.4) is 0 Å². The fourth-order valence-electron chi connectivity index (χ4n) is 1.80. The van der Waals surface area contributed by atoms with E-state index in [1.165, 1.54) is 17.3 Å². The summed E-state index contributed by atoms with van der Waals surface area (Å²) in [6.45, 7) is 2.12. The van der Waals surface area contributed by atoms with E-state index >= 15 is 0 Å². The van der Waals surface area contributed by atoms with Gasteiger partial charge in [0.1, 0.15) is 0 Å². The number of imidazole rings is 1. The van der Waals surface area contributed by atoms with Crippen molar-refractivity contribution in [3.63, 3.8) is 0 Å². The van der Waals surface area contributed by atoms with Gasteiger partial charge in [0.05, 0.1) is 17.5 Å². The molecular formula is C13H16N2O2S. The molecule has 1 heterocycles. The first-order valence-electron chi connectivity index (χ1n) is 5.91. The predicted octanol–water partition coefficient (Wildman–Crippen LogP) is 2.70. The number of fused-ring (bicyclic) bond motifs is 1. The monoisotopic (exact) mass is 264 g/mol. The molecule has 0 saturated heterocycles. The summed E-state index contributed by atoms with van der Waals surface area (Å²) in [7, 11) is 1.96. The average Bonchev–Trinajstić information content (AvgIpc) is 2.65. The normalized spacial score (nSPS) is 11.0. The number of carboxylic acid groups (broad SMARTS) is 1. The van der Waals surface area contributed by atoms with E-state index in [9.17, 15) is 4.79 Å². The zero-order valence-corrected chi connectivity index (χ0v) is 11.3. The quantitative estimate of drug-likeness (QED) is 0.844. The van der Waals surface area contributed by atoms with Gasteiger partial charge in [-0.3, -0.25) is 4.79 Å². The SMILES string of the molecule is CCc1ccc2c(c1)nc(SCCC(=O)O)n2C. The molecule has 0 saturated carbocycles. The van der Waals surface area contributed by atoms with Crippen molar-refractivity contribution >= 4 is 28.8 Å². The summed E-state index contributed by atoms with van der Waals surface area (Å²) in [4.78, 5) is 15.0. The van der Waals surface area contributed by atoms with E-state index in [2.05, 4.69) is 30.1 Å². The Labute approximate surface area is 110 Å². The third kappa shape index (κ3) is 2.67.